The average molecular weight is 578 g/mol. The van der Waals surface area contributed by atoms with Gasteiger partial charge in [0.2, 0.25) is 21.8 Å². The number of carbonyl (C=O) groups excluding carboxylic acids is 2. The number of sulfonamides is 1. The molecular weight excluding hydrogens is 542 g/mol. The van der Waals surface area contributed by atoms with Gasteiger partial charge in [-0.3, -0.25) is 13.9 Å². The Bertz CT molecular complexity index is 1260. The van der Waals surface area contributed by atoms with E-state index >= 15 is 0 Å². The minimum atomic E-state index is -3.86. The summed E-state index contributed by atoms with van der Waals surface area (Å²) < 4.78 is 38.0. The lowest BCUT2D eigenvalue weighted by molar-refractivity contribution is -0.140. The van der Waals surface area contributed by atoms with E-state index in [1.54, 1.807) is 42.5 Å². The third-order valence-corrected chi connectivity index (χ3v) is 8.49. The molecule has 0 unspecified atom stereocenters. The maximum absolute atomic E-state index is 13.9. The highest BCUT2D eigenvalue weighted by Crippen LogP contribution is 2.35. The lowest BCUT2D eigenvalue weighted by atomic mass is 9.95. The van der Waals surface area contributed by atoms with Crippen LogP contribution in [-0.2, 0) is 26.2 Å². The van der Waals surface area contributed by atoms with E-state index in [1.165, 1.54) is 4.90 Å². The smallest absolute Gasteiger partial charge is 0.244 e. The van der Waals surface area contributed by atoms with Gasteiger partial charge in [0, 0.05) is 23.7 Å². The molecule has 39 heavy (non-hydrogen) atoms. The first-order valence-corrected chi connectivity index (χ1v) is 15.6. The Balaban J connectivity index is 1.62. The van der Waals surface area contributed by atoms with Crippen LogP contribution in [0.3, 0.4) is 0 Å². The van der Waals surface area contributed by atoms with Gasteiger partial charge in [-0.1, -0.05) is 49.9 Å². The summed E-state index contributed by atoms with van der Waals surface area (Å²) in [5.74, 6) is 0.212. The number of hydrogen-bond acceptors (Lipinski definition) is 6. The van der Waals surface area contributed by atoms with Crippen LogP contribution < -0.4 is 19.1 Å². The van der Waals surface area contributed by atoms with Crippen LogP contribution in [0.1, 0.15) is 51.0 Å². The van der Waals surface area contributed by atoms with Crippen molar-refractivity contribution in [1.29, 1.82) is 0 Å². The minimum absolute atomic E-state index is 0.0815. The molecule has 11 heteroatoms. The van der Waals surface area contributed by atoms with E-state index in [-0.39, 0.29) is 24.2 Å². The van der Waals surface area contributed by atoms with Gasteiger partial charge in [-0.15, -0.1) is 0 Å². The molecule has 0 spiro atoms. The number of nitrogens with one attached hydrogen (secondary N) is 1. The summed E-state index contributed by atoms with van der Waals surface area (Å²) in [6.45, 7) is 2.26. The maximum Gasteiger partial charge on any atom is 0.244 e. The fourth-order valence-corrected chi connectivity index (χ4v) is 6.02. The molecule has 1 atom stereocenters. The Labute approximate surface area is 235 Å². The number of anilines is 1. The van der Waals surface area contributed by atoms with Crippen LogP contribution in [0, 0.1) is 0 Å². The molecule has 0 bridgehead atoms. The highest BCUT2D eigenvalue weighted by atomic mass is 35.5. The summed E-state index contributed by atoms with van der Waals surface area (Å²) in [5, 5.41) is 3.69. The van der Waals surface area contributed by atoms with E-state index in [0.29, 0.717) is 36.2 Å². The van der Waals surface area contributed by atoms with Crippen LogP contribution in [0.5, 0.6) is 11.5 Å². The molecule has 1 N–H and O–H groups in total. The summed E-state index contributed by atoms with van der Waals surface area (Å²) in [5.41, 5.74) is 1.06. The standard InChI is InChI=1S/C28H36ClN3O6S/c1-3-24(28(34)30-22-7-5-4-6-8-22)31(18-20-9-11-21(29)12-10-20)27(33)19-32(39(2,35)36)23-13-14-25-26(17-23)38-16-15-37-25/h9-14,17,22,24H,3-8,15-16,18-19H2,1-2H3,(H,30,34)/t24-/m0/s1. The minimum Gasteiger partial charge on any atom is -0.486 e. The van der Waals surface area contributed by atoms with E-state index in [4.69, 9.17) is 21.1 Å². The zero-order valence-corrected chi connectivity index (χ0v) is 24.0. The Kier molecular flexibility index (Phi) is 9.61. The van der Waals surface area contributed by atoms with Gasteiger partial charge in [0.15, 0.2) is 11.5 Å². The number of amides is 2. The molecule has 0 saturated heterocycles. The third-order valence-electron chi connectivity index (χ3n) is 7.10. The summed E-state index contributed by atoms with van der Waals surface area (Å²) >= 11 is 6.06. The van der Waals surface area contributed by atoms with Crippen LogP contribution in [-0.4, -0.2) is 63.2 Å². The van der Waals surface area contributed by atoms with Crippen molar-refractivity contribution in [3.63, 3.8) is 0 Å². The van der Waals surface area contributed by atoms with Crippen molar-refractivity contribution in [3.8, 4) is 11.5 Å². The molecule has 0 aromatic heterocycles. The van der Waals surface area contributed by atoms with E-state index < -0.39 is 28.5 Å². The van der Waals surface area contributed by atoms with Crippen LogP contribution in [0.4, 0.5) is 5.69 Å². The molecule has 1 heterocycles. The number of fused-ring (bicyclic) bond motifs is 1. The lowest BCUT2D eigenvalue weighted by Crippen LogP contribution is -2.53. The molecule has 1 aliphatic carbocycles. The van der Waals surface area contributed by atoms with Gasteiger partial charge in [0.25, 0.3) is 0 Å². The Morgan fingerprint density at radius 2 is 1.69 bits per heavy atom. The van der Waals surface area contributed by atoms with Gasteiger partial charge < -0.3 is 19.7 Å². The van der Waals surface area contributed by atoms with E-state index in [1.807, 2.05) is 6.92 Å². The van der Waals surface area contributed by atoms with Gasteiger partial charge in [-0.25, -0.2) is 8.42 Å². The topological polar surface area (TPSA) is 105 Å². The summed E-state index contributed by atoms with van der Waals surface area (Å²) in [7, 11) is -3.86. The Morgan fingerprint density at radius 3 is 2.33 bits per heavy atom. The van der Waals surface area contributed by atoms with Gasteiger partial charge in [-0.05, 0) is 49.1 Å². The fourth-order valence-electron chi connectivity index (χ4n) is 5.05. The summed E-state index contributed by atoms with van der Waals surface area (Å²) in [4.78, 5) is 28.8. The molecule has 2 aromatic rings. The number of carbonyl (C=O) groups is 2. The van der Waals surface area contributed by atoms with Crippen molar-refractivity contribution in [3.05, 3.63) is 53.1 Å². The van der Waals surface area contributed by atoms with Crippen molar-refractivity contribution >= 4 is 39.1 Å². The number of benzene rings is 2. The summed E-state index contributed by atoms with van der Waals surface area (Å²) in [6.07, 6.45) is 6.54. The molecule has 4 rings (SSSR count). The van der Waals surface area contributed by atoms with Gasteiger partial charge >= 0.3 is 0 Å². The second kappa shape index (κ2) is 12.9. The predicted molar refractivity (Wildman–Crippen MR) is 151 cm³/mol. The monoisotopic (exact) mass is 577 g/mol. The van der Waals surface area contributed by atoms with Crippen molar-refractivity contribution in [2.45, 2.75) is 64.1 Å². The zero-order chi connectivity index (χ0) is 28.0. The highest BCUT2D eigenvalue weighted by molar-refractivity contribution is 7.92. The molecule has 2 aromatic carbocycles. The van der Waals surface area contributed by atoms with Crippen molar-refractivity contribution in [2.24, 2.45) is 0 Å². The molecule has 212 valence electrons. The Morgan fingerprint density at radius 1 is 1.03 bits per heavy atom. The molecule has 2 amide bonds. The van der Waals surface area contributed by atoms with Crippen molar-refractivity contribution in [2.75, 3.05) is 30.3 Å². The third kappa shape index (κ3) is 7.57. The molecule has 1 aliphatic heterocycles. The number of nitrogens with zero attached hydrogens (tertiary/aromatic N) is 2. The molecule has 0 radical (unpaired) electrons. The number of hydrogen-bond donors (Lipinski definition) is 1. The van der Waals surface area contributed by atoms with E-state index in [2.05, 4.69) is 5.32 Å². The predicted octanol–water partition coefficient (Wildman–Crippen LogP) is 4.13. The maximum atomic E-state index is 13.9. The first-order chi connectivity index (χ1) is 18.7. The van der Waals surface area contributed by atoms with Gasteiger partial charge in [0.1, 0.15) is 25.8 Å². The largest absolute Gasteiger partial charge is 0.486 e. The fraction of sp³-hybridized carbons (Fsp3) is 0.500. The lowest BCUT2D eigenvalue weighted by Gasteiger charge is -2.34. The van der Waals surface area contributed by atoms with Crippen molar-refractivity contribution in [1.82, 2.24) is 10.2 Å². The van der Waals surface area contributed by atoms with Gasteiger partial charge in [0.05, 0.1) is 11.9 Å². The van der Waals surface area contributed by atoms with Crippen LogP contribution in [0.25, 0.3) is 0 Å². The Hall–Kier alpha value is -2.98. The number of halogens is 1. The summed E-state index contributed by atoms with van der Waals surface area (Å²) in [6, 6.07) is 11.1. The molecule has 9 nitrogen and oxygen atoms in total. The van der Waals surface area contributed by atoms with Crippen LogP contribution in [0.2, 0.25) is 5.02 Å². The molecular formula is C28H36ClN3O6S. The number of rotatable bonds is 10. The van der Waals surface area contributed by atoms with Crippen LogP contribution in [0.15, 0.2) is 42.5 Å². The molecule has 2 aliphatic rings. The van der Waals surface area contributed by atoms with E-state index in [9.17, 15) is 18.0 Å². The first kappa shape index (κ1) is 29.0. The molecule has 1 fully saturated rings. The van der Waals surface area contributed by atoms with E-state index in [0.717, 1.165) is 48.2 Å². The number of ether oxygens (including phenoxy) is 2. The highest BCUT2D eigenvalue weighted by Gasteiger charge is 2.33. The molecule has 1 saturated carbocycles. The first-order valence-electron chi connectivity index (χ1n) is 13.4. The second-order valence-corrected chi connectivity index (χ2v) is 12.4. The zero-order valence-electron chi connectivity index (χ0n) is 22.4. The van der Waals surface area contributed by atoms with Gasteiger partial charge in [-0.2, -0.15) is 0 Å². The van der Waals surface area contributed by atoms with Crippen molar-refractivity contribution < 1.29 is 27.5 Å². The van der Waals surface area contributed by atoms with Crippen LogP contribution >= 0.6 is 11.6 Å². The normalized spacial score (nSPS) is 16.3. The SMILES string of the molecule is CC[C@@H](C(=O)NC1CCCCC1)N(Cc1ccc(Cl)cc1)C(=O)CN(c1ccc2c(c1)OCCO2)S(C)(=O)=O. The average Bonchev–Trinajstić information content (AvgIpc) is 2.92. The quantitative estimate of drug-likeness (QED) is 0.455. The second-order valence-electron chi connectivity index (χ2n) is 10.0.